The summed E-state index contributed by atoms with van der Waals surface area (Å²) in [6, 6.07) is 5.72. The van der Waals surface area contributed by atoms with Gasteiger partial charge in [0.1, 0.15) is 0 Å². The summed E-state index contributed by atoms with van der Waals surface area (Å²) in [5.41, 5.74) is 0.409. The third-order valence-corrected chi connectivity index (χ3v) is 5.62. The Balaban J connectivity index is 0. The van der Waals surface area contributed by atoms with Gasteiger partial charge in [-0.3, -0.25) is 9.78 Å². The Hall–Kier alpha value is -1.38. The summed E-state index contributed by atoms with van der Waals surface area (Å²) in [7, 11) is 3.74. The summed E-state index contributed by atoms with van der Waals surface area (Å²) < 4.78 is 0. The van der Waals surface area contributed by atoms with Gasteiger partial charge in [-0.2, -0.15) is 0 Å². The van der Waals surface area contributed by atoms with Gasteiger partial charge in [-0.15, -0.1) is 0 Å². The van der Waals surface area contributed by atoms with Crippen LogP contribution in [0.4, 0.5) is 0 Å². The first-order valence-electron chi connectivity index (χ1n) is 10.8. The van der Waals surface area contributed by atoms with E-state index in [2.05, 4.69) is 32.7 Å². The summed E-state index contributed by atoms with van der Waals surface area (Å²) in [6.45, 7) is 17.4. The molecule has 1 aromatic heterocycles. The lowest BCUT2D eigenvalue weighted by Crippen LogP contribution is -2.37. The highest BCUT2D eigenvalue weighted by Gasteiger charge is 2.36. The molecule has 158 valence electrons. The van der Waals surface area contributed by atoms with E-state index in [0.29, 0.717) is 17.2 Å². The van der Waals surface area contributed by atoms with Crippen LogP contribution in [-0.4, -0.2) is 29.9 Å². The Kier molecular flexibility index (Phi) is 16.1. The van der Waals surface area contributed by atoms with Gasteiger partial charge in [0.05, 0.1) is 0 Å². The largest absolute Gasteiger partial charge is 0.349 e. The number of hydrogen-bond donors (Lipinski definition) is 0. The van der Waals surface area contributed by atoms with Crippen LogP contribution in [0.1, 0.15) is 81.1 Å². The highest BCUT2D eigenvalue weighted by molar-refractivity contribution is 5.78. The average Bonchev–Trinajstić information content (AvgIpc) is 2.72. The average molecular weight is 379 g/mol. The number of carbonyl (C=O) groups is 1. The molecule has 1 saturated carbocycles. The minimum atomic E-state index is 0.282. The van der Waals surface area contributed by atoms with Crippen LogP contribution in [0.15, 0.2) is 30.6 Å². The number of nitrogens with zero attached hydrogens (tertiary/aromatic N) is 2. The van der Waals surface area contributed by atoms with Crippen LogP contribution >= 0.6 is 0 Å². The molecule has 0 spiro atoms. The standard InChI is InChI=1S/C15H29NO.C5H5N.2C2H6/c1-11(2)15(3,4)13-9-7-12(8-10-13)14(17)16(5)6;1-2-4-6-5-3-1;2*1-2/h11-13H,7-10H2,1-6H3;1-5H;2*1-2H3. The van der Waals surface area contributed by atoms with Crippen molar-refractivity contribution < 1.29 is 4.79 Å². The van der Waals surface area contributed by atoms with Crippen LogP contribution in [0, 0.1) is 23.2 Å². The molecule has 0 saturated heterocycles. The molecule has 0 N–H and O–H groups in total. The van der Waals surface area contributed by atoms with E-state index in [1.165, 1.54) is 12.8 Å². The normalized spacial score (nSPS) is 18.6. The number of amides is 1. The van der Waals surface area contributed by atoms with Gasteiger partial charge in [-0.05, 0) is 55.1 Å². The molecule has 1 amide bonds. The van der Waals surface area contributed by atoms with Crippen molar-refractivity contribution >= 4 is 5.91 Å². The summed E-state index contributed by atoms with van der Waals surface area (Å²) in [6.07, 6.45) is 8.10. The number of carbonyl (C=O) groups excluding carboxylic acids is 1. The molecule has 0 radical (unpaired) electrons. The van der Waals surface area contributed by atoms with Gasteiger partial charge in [0.25, 0.3) is 0 Å². The van der Waals surface area contributed by atoms with E-state index < -0.39 is 0 Å². The molecular weight excluding hydrogens is 332 g/mol. The molecular formula is C24H46N2O. The number of rotatable bonds is 3. The lowest BCUT2D eigenvalue weighted by atomic mass is 9.64. The Morgan fingerprint density at radius 3 is 1.63 bits per heavy atom. The fourth-order valence-corrected chi connectivity index (χ4v) is 3.23. The summed E-state index contributed by atoms with van der Waals surface area (Å²) in [4.78, 5) is 17.4. The molecule has 0 aliphatic heterocycles. The lowest BCUT2D eigenvalue weighted by molar-refractivity contribution is -0.134. The first kappa shape index (κ1) is 27.8. The first-order valence-corrected chi connectivity index (χ1v) is 10.8. The summed E-state index contributed by atoms with van der Waals surface area (Å²) in [5.74, 6) is 2.11. The smallest absolute Gasteiger partial charge is 0.225 e. The topological polar surface area (TPSA) is 33.2 Å². The zero-order chi connectivity index (χ0) is 21.5. The van der Waals surface area contributed by atoms with Crippen molar-refractivity contribution in [3.05, 3.63) is 30.6 Å². The molecule has 3 heteroatoms. The highest BCUT2D eigenvalue weighted by Crippen LogP contribution is 2.44. The van der Waals surface area contributed by atoms with Crippen molar-refractivity contribution in [3.8, 4) is 0 Å². The van der Waals surface area contributed by atoms with E-state index in [-0.39, 0.29) is 5.92 Å². The van der Waals surface area contributed by atoms with Crippen LogP contribution in [0.3, 0.4) is 0 Å². The predicted molar refractivity (Wildman–Crippen MR) is 120 cm³/mol. The van der Waals surface area contributed by atoms with E-state index in [0.717, 1.165) is 18.8 Å². The second kappa shape index (κ2) is 15.7. The van der Waals surface area contributed by atoms with Crippen molar-refractivity contribution in [2.45, 2.75) is 81.1 Å². The number of hydrogen-bond acceptors (Lipinski definition) is 2. The van der Waals surface area contributed by atoms with Crippen molar-refractivity contribution in [1.29, 1.82) is 0 Å². The van der Waals surface area contributed by atoms with E-state index in [4.69, 9.17) is 0 Å². The molecule has 1 heterocycles. The Bertz CT molecular complexity index is 420. The second-order valence-corrected chi connectivity index (χ2v) is 7.78. The van der Waals surface area contributed by atoms with Gasteiger partial charge in [-0.1, -0.05) is 61.5 Å². The summed E-state index contributed by atoms with van der Waals surface area (Å²) >= 11 is 0. The quantitative estimate of drug-likeness (QED) is 0.586. The highest BCUT2D eigenvalue weighted by atomic mass is 16.2. The lowest BCUT2D eigenvalue weighted by Gasteiger charge is -2.42. The molecule has 0 bridgehead atoms. The van der Waals surface area contributed by atoms with Gasteiger partial charge in [0.2, 0.25) is 5.91 Å². The van der Waals surface area contributed by atoms with Gasteiger partial charge in [0, 0.05) is 32.4 Å². The third-order valence-electron chi connectivity index (χ3n) is 5.62. The molecule has 1 aromatic rings. The van der Waals surface area contributed by atoms with Crippen LogP contribution in [-0.2, 0) is 4.79 Å². The third kappa shape index (κ3) is 10.5. The SMILES string of the molecule is CC.CC.CC(C)C(C)(C)C1CCC(C(=O)N(C)C)CC1.c1ccncc1. The molecule has 1 fully saturated rings. The first-order chi connectivity index (χ1) is 12.8. The van der Waals surface area contributed by atoms with Gasteiger partial charge < -0.3 is 4.90 Å². The van der Waals surface area contributed by atoms with E-state index in [1.807, 2.05) is 60.0 Å². The monoisotopic (exact) mass is 378 g/mol. The molecule has 1 aliphatic rings. The van der Waals surface area contributed by atoms with Crippen LogP contribution in [0.5, 0.6) is 0 Å². The zero-order valence-electron chi connectivity index (χ0n) is 19.7. The minimum Gasteiger partial charge on any atom is -0.349 e. The van der Waals surface area contributed by atoms with Crippen molar-refractivity contribution in [2.24, 2.45) is 23.2 Å². The summed E-state index contributed by atoms with van der Waals surface area (Å²) in [5, 5.41) is 0. The van der Waals surface area contributed by atoms with Crippen LogP contribution in [0.2, 0.25) is 0 Å². The molecule has 27 heavy (non-hydrogen) atoms. The molecule has 0 unspecified atom stereocenters. The maximum Gasteiger partial charge on any atom is 0.225 e. The van der Waals surface area contributed by atoms with Crippen LogP contribution < -0.4 is 0 Å². The van der Waals surface area contributed by atoms with Crippen molar-refractivity contribution in [2.75, 3.05) is 14.1 Å². The number of pyridine rings is 1. The Morgan fingerprint density at radius 1 is 0.926 bits per heavy atom. The number of aromatic nitrogens is 1. The van der Waals surface area contributed by atoms with Crippen LogP contribution in [0.25, 0.3) is 0 Å². The van der Waals surface area contributed by atoms with Gasteiger partial charge >= 0.3 is 0 Å². The molecule has 0 atom stereocenters. The zero-order valence-corrected chi connectivity index (χ0v) is 19.7. The van der Waals surface area contributed by atoms with E-state index >= 15 is 0 Å². The van der Waals surface area contributed by atoms with Crippen molar-refractivity contribution in [1.82, 2.24) is 9.88 Å². The minimum absolute atomic E-state index is 0.282. The fraction of sp³-hybridized carbons (Fsp3) is 0.750. The maximum absolute atomic E-state index is 11.9. The Morgan fingerprint density at radius 2 is 1.37 bits per heavy atom. The van der Waals surface area contributed by atoms with E-state index in [1.54, 1.807) is 17.3 Å². The Labute approximate surface area is 170 Å². The predicted octanol–water partition coefficient (Wildman–Crippen LogP) is 6.70. The molecule has 2 rings (SSSR count). The maximum atomic E-state index is 11.9. The van der Waals surface area contributed by atoms with Gasteiger partial charge in [-0.25, -0.2) is 0 Å². The molecule has 0 aromatic carbocycles. The molecule has 3 nitrogen and oxygen atoms in total. The van der Waals surface area contributed by atoms with Crippen molar-refractivity contribution in [3.63, 3.8) is 0 Å². The fourth-order valence-electron chi connectivity index (χ4n) is 3.23. The molecule has 1 aliphatic carbocycles. The van der Waals surface area contributed by atoms with Gasteiger partial charge in [0.15, 0.2) is 0 Å². The second-order valence-electron chi connectivity index (χ2n) is 7.78. The van der Waals surface area contributed by atoms with E-state index in [9.17, 15) is 4.79 Å².